The van der Waals surface area contributed by atoms with Gasteiger partial charge in [0.1, 0.15) is 12.4 Å². The van der Waals surface area contributed by atoms with E-state index in [0.717, 1.165) is 22.4 Å². The minimum absolute atomic E-state index is 0.163. The quantitative estimate of drug-likeness (QED) is 0.488. The molecule has 2 amide bonds. The first-order valence-corrected chi connectivity index (χ1v) is 10.4. The third kappa shape index (κ3) is 6.00. The van der Waals surface area contributed by atoms with Crippen LogP contribution in [0.15, 0.2) is 60.7 Å². The highest BCUT2D eigenvalue weighted by Gasteiger charge is 2.15. The smallest absolute Gasteiger partial charge is 0.255 e. The van der Waals surface area contributed by atoms with E-state index in [1.165, 1.54) is 0 Å². The lowest BCUT2D eigenvalue weighted by Crippen LogP contribution is -2.33. The lowest BCUT2D eigenvalue weighted by atomic mass is 10.1. The van der Waals surface area contributed by atoms with E-state index in [9.17, 15) is 9.59 Å². The number of hydrogen-bond acceptors (Lipinski definition) is 3. The topological polar surface area (TPSA) is 67.4 Å². The van der Waals surface area contributed by atoms with E-state index in [4.69, 9.17) is 27.9 Å². The summed E-state index contributed by atoms with van der Waals surface area (Å²) in [4.78, 5) is 25.0. The molecule has 0 aliphatic heterocycles. The lowest BCUT2D eigenvalue weighted by Gasteiger charge is -2.14. The maximum atomic E-state index is 12.7. The van der Waals surface area contributed by atoms with Gasteiger partial charge < -0.3 is 15.4 Å². The fraction of sp³-hybridized carbons (Fsp3) is 0.167. The maximum Gasteiger partial charge on any atom is 0.255 e. The van der Waals surface area contributed by atoms with Crippen LogP contribution in [0.25, 0.3) is 0 Å². The van der Waals surface area contributed by atoms with Crippen molar-refractivity contribution < 1.29 is 14.3 Å². The average molecular weight is 457 g/mol. The molecule has 0 heterocycles. The molecule has 3 aromatic carbocycles. The van der Waals surface area contributed by atoms with Crippen LogP contribution in [0.4, 0.5) is 5.69 Å². The number of ether oxygens (including phenoxy) is 1. The van der Waals surface area contributed by atoms with Crippen LogP contribution in [0, 0.1) is 13.8 Å². The number of halogens is 2. The fourth-order valence-electron chi connectivity index (χ4n) is 3.03. The molecule has 0 atom stereocenters. The lowest BCUT2D eigenvalue weighted by molar-refractivity contribution is -0.115. The molecular weight excluding hydrogens is 435 g/mol. The van der Waals surface area contributed by atoms with Crippen molar-refractivity contribution in [3.05, 3.63) is 93.0 Å². The first-order chi connectivity index (χ1) is 14.8. The average Bonchev–Trinajstić information content (AvgIpc) is 2.74. The molecule has 0 radical (unpaired) electrons. The number of rotatable bonds is 7. The number of para-hydroxylation sites is 2. The Morgan fingerprint density at radius 2 is 1.65 bits per heavy atom. The summed E-state index contributed by atoms with van der Waals surface area (Å²) in [5, 5.41) is 6.51. The Morgan fingerprint density at radius 1 is 0.935 bits per heavy atom. The van der Waals surface area contributed by atoms with E-state index in [1.807, 2.05) is 32.0 Å². The van der Waals surface area contributed by atoms with E-state index in [0.29, 0.717) is 21.4 Å². The molecule has 0 aliphatic rings. The molecular formula is C24H22Cl2N2O3. The zero-order valence-corrected chi connectivity index (χ0v) is 18.7. The first-order valence-electron chi connectivity index (χ1n) is 9.65. The largest absolute Gasteiger partial charge is 0.488 e. The Hall–Kier alpha value is -3.02. The summed E-state index contributed by atoms with van der Waals surface area (Å²) in [6, 6.07) is 17.7. The van der Waals surface area contributed by atoms with Crippen molar-refractivity contribution in [2.24, 2.45) is 0 Å². The minimum Gasteiger partial charge on any atom is -0.488 e. The van der Waals surface area contributed by atoms with Crippen molar-refractivity contribution in [2.75, 3.05) is 11.9 Å². The van der Waals surface area contributed by atoms with Crippen LogP contribution in [0.3, 0.4) is 0 Å². The van der Waals surface area contributed by atoms with Crippen LogP contribution in [0.1, 0.15) is 27.0 Å². The number of hydrogen-bond donors (Lipinski definition) is 2. The standard InChI is InChI=1S/C24H22Cl2N2O3/c1-15-6-5-7-16(2)23(15)28-22(29)13-27-24(30)19-8-3-4-9-21(19)31-14-17-10-11-18(25)12-20(17)26/h3-12H,13-14H2,1-2H3,(H,27,30)(H,28,29). The summed E-state index contributed by atoms with van der Waals surface area (Å²) in [5.74, 6) is -0.326. The minimum atomic E-state index is -0.408. The summed E-state index contributed by atoms with van der Waals surface area (Å²) < 4.78 is 5.81. The third-order valence-electron chi connectivity index (χ3n) is 4.69. The van der Waals surface area contributed by atoms with Gasteiger partial charge in [-0.25, -0.2) is 0 Å². The summed E-state index contributed by atoms with van der Waals surface area (Å²) in [5.41, 5.74) is 3.74. The van der Waals surface area contributed by atoms with E-state index in [-0.39, 0.29) is 19.1 Å². The van der Waals surface area contributed by atoms with Crippen molar-refractivity contribution in [1.82, 2.24) is 5.32 Å². The second-order valence-corrected chi connectivity index (χ2v) is 7.86. The molecule has 0 aliphatic carbocycles. The molecule has 0 saturated carbocycles. The summed E-state index contributed by atoms with van der Waals surface area (Å²) in [6.07, 6.45) is 0. The van der Waals surface area contributed by atoms with Gasteiger partial charge in [0, 0.05) is 21.3 Å². The highest BCUT2D eigenvalue weighted by molar-refractivity contribution is 6.35. The van der Waals surface area contributed by atoms with Gasteiger partial charge in [-0.2, -0.15) is 0 Å². The summed E-state index contributed by atoms with van der Waals surface area (Å²) in [6.45, 7) is 3.85. The molecule has 7 heteroatoms. The number of amides is 2. The van der Waals surface area contributed by atoms with Gasteiger partial charge in [-0.3, -0.25) is 9.59 Å². The summed E-state index contributed by atoms with van der Waals surface area (Å²) in [7, 11) is 0. The zero-order chi connectivity index (χ0) is 22.4. The third-order valence-corrected chi connectivity index (χ3v) is 5.27. The number of anilines is 1. The van der Waals surface area contributed by atoms with Crippen molar-refractivity contribution in [1.29, 1.82) is 0 Å². The second kappa shape index (κ2) is 10.3. The van der Waals surface area contributed by atoms with Crippen molar-refractivity contribution in [3.8, 4) is 5.75 Å². The Labute approximate surface area is 191 Å². The Morgan fingerprint density at radius 3 is 2.35 bits per heavy atom. The number of carbonyl (C=O) groups is 2. The van der Waals surface area contributed by atoms with Gasteiger partial charge in [-0.15, -0.1) is 0 Å². The van der Waals surface area contributed by atoms with Gasteiger partial charge in [-0.05, 0) is 49.2 Å². The SMILES string of the molecule is Cc1cccc(C)c1NC(=O)CNC(=O)c1ccccc1OCc1ccc(Cl)cc1Cl. The Kier molecular flexibility index (Phi) is 7.55. The Balaban J connectivity index is 1.62. The summed E-state index contributed by atoms with van der Waals surface area (Å²) >= 11 is 12.1. The molecule has 0 saturated heterocycles. The molecule has 0 aromatic heterocycles. The molecule has 160 valence electrons. The highest BCUT2D eigenvalue weighted by atomic mass is 35.5. The van der Waals surface area contributed by atoms with E-state index in [1.54, 1.807) is 42.5 Å². The van der Waals surface area contributed by atoms with Crippen LogP contribution >= 0.6 is 23.2 Å². The first kappa shape index (κ1) is 22.7. The molecule has 31 heavy (non-hydrogen) atoms. The second-order valence-electron chi connectivity index (χ2n) is 7.02. The van der Waals surface area contributed by atoms with E-state index >= 15 is 0 Å². The molecule has 3 rings (SSSR count). The number of aryl methyl sites for hydroxylation is 2. The zero-order valence-electron chi connectivity index (χ0n) is 17.2. The monoisotopic (exact) mass is 456 g/mol. The van der Waals surface area contributed by atoms with Crippen molar-refractivity contribution in [2.45, 2.75) is 20.5 Å². The normalized spacial score (nSPS) is 10.5. The molecule has 5 nitrogen and oxygen atoms in total. The maximum absolute atomic E-state index is 12.7. The Bertz CT molecular complexity index is 1100. The molecule has 3 aromatic rings. The highest BCUT2D eigenvalue weighted by Crippen LogP contribution is 2.24. The van der Waals surface area contributed by atoms with Gasteiger partial charge in [0.2, 0.25) is 5.91 Å². The van der Waals surface area contributed by atoms with Gasteiger partial charge in [0.25, 0.3) is 5.91 Å². The van der Waals surface area contributed by atoms with Gasteiger partial charge in [0.05, 0.1) is 12.1 Å². The molecule has 2 N–H and O–H groups in total. The van der Waals surface area contributed by atoms with Crippen molar-refractivity contribution in [3.63, 3.8) is 0 Å². The van der Waals surface area contributed by atoms with Crippen LogP contribution in [-0.2, 0) is 11.4 Å². The van der Waals surface area contributed by atoms with E-state index in [2.05, 4.69) is 10.6 Å². The molecule has 0 unspecified atom stereocenters. The van der Waals surface area contributed by atoms with Gasteiger partial charge in [0.15, 0.2) is 0 Å². The number of nitrogens with one attached hydrogen (secondary N) is 2. The predicted octanol–water partition coefficient (Wildman–Crippen LogP) is 5.56. The predicted molar refractivity (Wildman–Crippen MR) is 124 cm³/mol. The van der Waals surface area contributed by atoms with Crippen LogP contribution in [-0.4, -0.2) is 18.4 Å². The van der Waals surface area contributed by atoms with Crippen molar-refractivity contribution >= 4 is 40.7 Å². The molecule has 0 bridgehead atoms. The number of benzene rings is 3. The van der Waals surface area contributed by atoms with Gasteiger partial charge >= 0.3 is 0 Å². The van der Waals surface area contributed by atoms with Crippen LogP contribution in [0.2, 0.25) is 10.0 Å². The molecule has 0 spiro atoms. The fourth-order valence-corrected chi connectivity index (χ4v) is 3.49. The van der Waals surface area contributed by atoms with Gasteiger partial charge in [-0.1, -0.05) is 59.6 Å². The van der Waals surface area contributed by atoms with Crippen LogP contribution < -0.4 is 15.4 Å². The number of carbonyl (C=O) groups excluding carboxylic acids is 2. The molecule has 0 fully saturated rings. The van der Waals surface area contributed by atoms with E-state index < -0.39 is 5.91 Å². The van der Waals surface area contributed by atoms with Crippen LogP contribution in [0.5, 0.6) is 5.75 Å².